The molecule has 2 atom stereocenters. The molecule has 0 fully saturated rings. The lowest BCUT2D eigenvalue weighted by atomic mass is 9.62. The molecule has 1 spiro atoms. The van der Waals surface area contributed by atoms with Gasteiger partial charge in [-0.3, -0.25) is 0 Å². The summed E-state index contributed by atoms with van der Waals surface area (Å²) in [5.41, 5.74) is 17.3. The second-order valence-corrected chi connectivity index (χ2v) is 21.4. The van der Waals surface area contributed by atoms with E-state index in [1.165, 1.54) is 55.2 Å². The van der Waals surface area contributed by atoms with Crippen LogP contribution >= 0.6 is 7.14 Å². The fraction of sp³-hybridized carbons (Fsp3) is 0.0149. The largest absolute Gasteiger partial charge is 0.311 e. The summed E-state index contributed by atoms with van der Waals surface area (Å²) >= 11 is 0. The number of hydrogen-bond donors (Lipinski definition) is 0. The molecule has 12 aromatic rings. The van der Waals surface area contributed by atoms with Gasteiger partial charge in [-0.1, -0.05) is 212 Å². The Balaban J connectivity index is 0.968. The number of benzene rings is 11. The molecule has 4 heteroatoms. The number of rotatable bonds is 7. The van der Waals surface area contributed by atoms with Crippen LogP contribution in [0.4, 0.5) is 17.1 Å². The Kier molecular flexibility index (Phi) is 9.39. The van der Waals surface area contributed by atoms with Crippen LogP contribution in [0, 0.1) is 0 Å². The predicted octanol–water partition coefficient (Wildman–Crippen LogP) is 15.9. The Hall–Kier alpha value is -8.75. The second-order valence-electron chi connectivity index (χ2n) is 18.7. The van der Waals surface area contributed by atoms with E-state index in [9.17, 15) is 0 Å². The highest BCUT2D eigenvalue weighted by Crippen LogP contribution is 2.61. The van der Waals surface area contributed by atoms with Crippen LogP contribution in [0.25, 0.3) is 60.9 Å². The summed E-state index contributed by atoms with van der Waals surface area (Å²) in [6.07, 6.45) is 0. The van der Waals surface area contributed by atoms with Crippen molar-refractivity contribution in [3.05, 3.63) is 295 Å². The molecule has 2 aliphatic rings. The van der Waals surface area contributed by atoms with Gasteiger partial charge in [-0.15, -0.1) is 0 Å². The first kappa shape index (κ1) is 41.2. The van der Waals surface area contributed by atoms with Crippen LogP contribution in [0.2, 0.25) is 0 Å². The topological polar surface area (TPSA) is 25.2 Å². The van der Waals surface area contributed by atoms with Crippen LogP contribution in [0.15, 0.2) is 273 Å². The van der Waals surface area contributed by atoms with Crippen molar-refractivity contribution in [2.45, 2.75) is 5.41 Å². The van der Waals surface area contributed by atoms with E-state index in [1.807, 2.05) is 18.2 Å². The number of hydrogen-bond acceptors (Lipinski definition) is 2. The molecule has 334 valence electrons. The van der Waals surface area contributed by atoms with Crippen molar-refractivity contribution in [2.75, 3.05) is 4.90 Å². The van der Waals surface area contributed by atoms with E-state index in [2.05, 4.69) is 264 Å². The quantitative estimate of drug-likeness (QED) is 0.149. The summed E-state index contributed by atoms with van der Waals surface area (Å²) in [5, 5.41) is 5.04. The lowest BCUT2D eigenvalue weighted by molar-refractivity contribution is 0.590. The van der Waals surface area contributed by atoms with Crippen LogP contribution in [0.5, 0.6) is 0 Å². The van der Waals surface area contributed by atoms with Crippen LogP contribution in [0.1, 0.15) is 22.3 Å². The van der Waals surface area contributed by atoms with Gasteiger partial charge in [-0.25, -0.2) is 0 Å². The lowest BCUT2D eigenvalue weighted by Gasteiger charge is -2.47. The zero-order valence-corrected chi connectivity index (χ0v) is 39.6. The molecule has 2 aliphatic heterocycles. The third-order valence-electron chi connectivity index (χ3n) is 15.1. The molecule has 3 nitrogen and oxygen atoms in total. The molecule has 14 rings (SSSR count). The second kappa shape index (κ2) is 16.2. The number of fused-ring (bicyclic) bond motifs is 11. The third-order valence-corrected chi connectivity index (χ3v) is 18.2. The van der Waals surface area contributed by atoms with E-state index in [0.29, 0.717) is 0 Å². The van der Waals surface area contributed by atoms with Crippen LogP contribution in [-0.4, -0.2) is 4.57 Å². The predicted molar refractivity (Wildman–Crippen MR) is 297 cm³/mol. The van der Waals surface area contributed by atoms with Crippen molar-refractivity contribution in [1.82, 2.24) is 4.57 Å². The van der Waals surface area contributed by atoms with Gasteiger partial charge in [0.1, 0.15) is 0 Å². The van der Waals surface area contributed by atoms with Gasteiger partial charge >= 0.3 is 0 Å². The Morgan fingerprint density at radius 3 is 1.42 bits per heavy atom. The number of nitrogens with zero attached hydrogens (tertiary/aromatic N) is 2. The Morgan fingerprint density at radius 2 is 0.789 bits per heavy atom. The fourth-order valence-electron chi connectivity index (χ4n) is 11.9. The summed E-state index contributed by atoms with van der Waals surface area (Å²) in [4.78, 5) is 2.33. The van der Waals surface area contributed by atoms with Gasteiger partial charge in [0.15, 0.2) is 7.14 Å². The molecule has 0 saturated carbocycles. The van der Waals surface area contributed by atoms with Crippen molar-refractivity contribution >= 4 is 61.9 Å². The molecule has 0 aliphatic carbocycles. The van der Waals surface area contributed by atoms with E-state index in [4.69, 9.17) is 0 Å². The van der Waals surface area contributed by atoms with E-state index in [1.54, 1.807) is 0 Å². The van der Waals surface area contributed by atoms with Gasteiger partial charge in [-0.05, 0) is 116 Å². The molecule has 2 unspecified atom stereocenters. The third kappa shape index (κ3) is 6.13. The molecule has 0 N–H and O–H groups in total. The van der Waals surface area contributed by atoms with Gasteiger partial charge in [-0.2, -0.15) is 0 Å². The average molecular weight is 925 g/mol. The van der Waals surface area contributed by atoms with Crippen LogP contribution in [-0.2, 0) is 9.98 Å². The summed E-state index contributed by atoms with van der Waals surface area (Å²) in [7, 11) is -3.40. The van der Waals surface area contributed by atoms with Gasteiger partial charge in [0.05, 0.1) is 22.1 Å². The van der Waals surface area contributed by atoms with Gasteiger partial charge < -0.3 is 14.0 Å². The van der Waals surface area contributed by atoms with Crippen molar-refractivity contribution in [3.8, 4) is 39.1 Å². The molecule has 1 aromatic heterocycles. The van der Waals surface area contributed by atoms with Crippen molar-refractivity contribution in [1.29, 1.82) is 0 Å². The molecule has 11 aromatic carbocycles. The van der Waals surface area contributed by atoms with Crippen molar-refractivity contribution in [2.24, 2.45) is 0 Å². The first-order valence-corrected chi connectivity index (χ1v) is 26.1. The highest BCUT2D eigenvalue weighted by atomic mass is 31.2. The molecule has 71 heavy (non-hydrogen) atoms. The fourth-order valence-corrected chi connectivity index (χ4v) is 15.1. The molecule has 0 radical (unpaired) electrons. The molecular formula is C67H45N2OP. The summed E-state index contributed by atoms with van der Waals surface area (Å²) in [6.45, 7) is 0. The molecule has 0 amide bonds. The first-order chi connectivity index (χ1) is 35.1. The maximum Gasteiger partial charge on any atom is 0.171 e. The standard InChI is InChI=1S/C67H45N2OP/c70-71(55-21-8-3-9-22-55)64-30-15-12-26-59(64)67(58-25-11-14-29-63(58)69-62-28-13-10-23-56(62)57-24-16-27-60(67)66(57)69)61-45-51(37-44-65(61)71)50-35-42-54(43-36-50)68(52-38-31-48(32-39-52)46-17-4-1-5-18-46)53-40-33-49(34-41-53)47-19-6-2-7-20-47/h1-45H. The Bertz CT molecular complexity index is 3970. The van der Waals surface area contributed by atoms with E-state index in [-0.39, 0.29) is 0 Å². The van der Waals surface area contributed by atoms with Crippen LogP contribution < -0.4 is 20.8 Å². The monoisotopic (exact) mass is 924 g/mol. The number of aromatic nitrogens is 1. The zero-order valence-electron chi connectivity index (χ0n) is 38.7. The normalized spacial score (nSPS) is 16.3. The summed E-state index contributed by atoms with van der Waals surface area (Å²) in [6, 6.07) is 97.7. The Labute approximate surface area is 413 Å². The van der Waals surface area contributed by atoms with E-state index in [0.717, 1.165) is 60.9 Å². The smallest absolute Gasteiger partial charge is 0.171 e. The molecule has 3 heterocycles. The maximum atomic E-state index is 16.7. The number of anilines is 3. The minimum absolute atomic E-state index is 0.792. The molecular weight excluding hydrogens is 880 g/mol. The SMILES string of the molecule is O=P1(c2ccccc2)c2ccccc2C2(c3ccccc3-n3c4ccccc4c4cccc2c43)c2cc(-c3ccc(N(c4ccc(-c5ccccc5)cc4)c4ccc(-c5ccccc5)cc4)cc3)ccc21. The maximum absolute atomic E-state index is 16.7. The summed E-state index contributed by atoms with van der Waals surface area (Å²) < 4.78 is 19.1. The number of para-hydroxylation sites is 3. The highest BCUT2D eigenvalue weighted by Gasteiger charge is 2.54. The van der Waals surface area contributed by atoms with Gasteiger partial charge in [0, 0.05) is 43.7 Å². The molecule has 0 saturated heterocycles. The molecule has 0 bridgehead atoms. The minimum Gasteiger partial charge on any atom is -0.311 e. The zero-order chi connectivity index (χ0) is 47.1. The van der Waals surface area contributed by atoms with Crippen molar-refractivity contribution < 1.29 is 4.57 Å². The van der Waals surface area contributed by atoms with Crippen LogP contribution in [0.3, 0.4) is 0 Å². The average Bonchev–Trinajstić information content (AvgIpc) is 3.80. The van der Waals surface area contributed by atoms with E-state index < -0.39 is 12.6 Å². The van der Waals surface area contributed by atoms with E-state index >= 15 is 4.57 Å². The highest BCUT2D eigenvalue weighted by molar-refractivity contribution is 7.85. The summed E-state index contributed by atoms with van der Waals surface area (Å²) in [5.74, 6) is 0. The van der Waals surface area contributed by atoms with Gasteiger partial charge in [0.2, 0.25) is 0 Å². The van der Waals surface area contributed by atoms with Crippen molar-refractivity contribution in [3.63, 3.8) is 0 Å². The Morgan fingerprint density at radius 1 is 0.338 bits per heavy atom. The van der Waals surface area contributed by atoms with Gasteiger partial charge in [0.25, 0.3) is 0 Å². The minimum atomic E-state index is -3.40. The lowest BCUT2D eigenvalue weighted by Crippen LogP contribution is -2.48. The first-order valence-electron chi connectivity index (χ1n) is 24.4.